The van der Waals surface area contributed by atoms with Crippen LogP contribution < -0.4 is 14.8 Å². The number of ether oxygens (including phenoxy) is 3. The van der Waals surface area contributed by atoms with Crippen LogP contribution in [0.4, 0.5) is 0 Å². The molecule has 0 aliphatic carbocycles. The van der Waals surface area contributed by atoms with Gasteiger partial charge in [0.1, 0.15) is 13.2 Å². The molecular formula is C23H23NO6. The highest BCUT2D eigenvalue weighted by Gasteiger charge is 2.18. The van der Waals surface area contributed by atoms with E-state index in [0.29, 0.717) is 31.1 Å². The Labute approximate surface area is 174 Å². The van der Waals surface area contributed by atoms with Crippen LogP contribution >= 0.6 is 0 Å². The Morgan fingerprint density at radius 2 is 1.80 bits per heavy atom. The van der Waals surface area contributed by atoms with E-state index >= 15 is 0 Å². The van der Waals surface area contributed by atoms with Gasteiger partial charge in [0.2, 0.25) is 0 Å². The highest BCUT2D eigenvalue weighted by molar-refractivity contribution is 5.91. The average molecular weight is 409 g/mol. The molecule has 0 saturated carbocycles. The van der Waals surface area contributed by atoms with Crippen molar-refractivity contribution in [3.05, 3.63) is 65.7 Å². The van der Waals surface area contributed by atoms with Crippen molar-refractivity contribution in [2.45, 2.75) is 19.4 Å². The Kier molecular flexibility index (Phi) is 7.21. The second-order valence-corrected chi connectivity index (χ2v) is 6.76. The first kappa shape index (κ1) is 21.1. The zero-order valence-corrected chi connectivity index (χ0v) is 16.6. The lowest BCUT2D eigenvalue weighted by Crippen LogP contribution is -2.43. The van der Waals surface area contributed by atoms with E-state index in [1.807, 2.05) is 30.3 Å². The summed E-state index contributed by atoms with van der Waals surface area (Å²) in [5, 5.41) is 2.61. The fraction of sp³-hybridized carbons (Fsp3) is 0.261. The van der Waals surface area contributed by atoms with Crippen LogP contribution in [0, 0.1) is 0 Å². The zero-order chi connectivity index (χ0) is 21.3. The zero-order valence-electron chi connectivity index (χ0n) is 16.6. The fourth-order valence-corrected chi connectivity index (χ4v) is 2.89. The molecule has 0 fully saturated rings. The number of rotatable bonds is 8. The number of carbonyl (C=O) groups excluding carboxylic acids is 3. The minimum atomic E-state index is -0.674. The number of hydrogen-bond donors (Lipinski definition) is 1. The summed E-state index contributed by atoms with van der Waals surface area (Å²) >= 11 is 0. The Morgan fingerprint density at radius 1 is 1.07 bits per heavy atom. The molecule has 30 heavy (non-hydrogen) atoms. The summed E-state index contributed by atoms with van der Waals surface area (Å²) in [6.07, 6.45) is 3.16. The van der Waals surface area contributed by atoms with Crippen molar-refractivity contribution in [3.8, 4) is 11.5 Å². The van der Waals surface area contributed by atoms with Crippen molar-refractivity contribution in [1.29, 1.82) is 0 Å². The summed E-state index contributed by atoms with van der Waals surface area (Å²) in [4.78, 5) is 35.8. The first-order valence-corrected chi connectivity index (χ1v) is 9.59. The number of nitrogens with one attached hydrogen (secondary N) is 1. The Hall–Kier alpha value is -3.61. The summed E-state index contributed by atoms with van der Waals surface area (Å²) in [5.41, 5.74) is 1.66. The van der Waals surface area contributed by atoms with Crippen LogP contribution in [0.3, 0.4) is 0 Å². The van der Waals surface area contributed by atoms with Crippen molar-refractivity contribution in [3.63, 3.8) is 0 Å². The largest absolute Gasteiger partial charge is 0.486 e. The van der Waals surface area contributed by atoms with Gasteiger partial charge < -0.3 is 19.5 Å². The van der Waals surface area contributed by atoms with Gasteiger partial charge in [-0.25, -0.2) is 4.79 Å². The van der Waals surface area contributed by atoms with Gasteiger partial charge in [0.15, 0.2) is 23.9 Å². The minimum Gasteiger partial charge on any atom is -0.486 e. The second-order valence-electron chi connectivity index (χ2n) is 6.76. The average Bonchev–Trinajstić information content (AvgIpc) is 2.76. The SMILES string of the molecule is CC(=O)[C@@H](Cc1ccccc1)NC(=O)COC(=O)/C=C/c1ccc2c(c1)OCCO2. The van der Waals surface area contributed by atoms with Crippen LogP contribution in [-0.4, -0.2) is 43.5 Å². The molecular weight excluding hydrogens is 386 g/mol. The molecule has 2 aromatic rings. The molecule has 1 aliphatic rings. The van der Waals surface area contributed by atoms with Crippen LogP contribution in [0.25, 0.3) is 6.08 Å². The van der Waals surface area contributed by atoms with Gasteiger partial charge in [0, 0.05) is 6.08 Å². The lowest BCUT2D eigenvalue weighted by molar-refractivity contribution is -0.144. The summed E-state index contributed by atoms with van der Waals surface area (Å²) < 4.78 is 15.9. The second kappa shape index (κ2) is 10.2. The van der Waals surface area contributed by atoms with Crippen molar-refractivity contribution in [1.82, 2.24) is 5.32 Å². The van der Waals surface area contributed by atoms with Gasteiger partial charge in [-0.1, -0.05) is 36.4 Å². The van der Waals surface area contributed by atoms with E-state index < -0.39 is 24.5 Å². The molecule has 0 bridgehead atoms. The van der Waals surface area contributed by atoms with Gasteiger partial charge in [-0.05, 0) is 42.7 Å². The van der Waals surface area contributed by atoms with Crippen LogP contribution in [0.2, 0.25) is 0 Å². The molecule has 0 radical (unpaired) electrons. The topological polar surface area (TPSA) is 90.9 Å². The predicted octanol–water partition coefficient (Wildman–Crippen LogP) is 2.33. The molecule has 7 nitrogen and oxygen atoms in total. The maximum absolute atomic E-state index is 12.1. The lowest BCUT2D eigenvalue weighted by atomic mass is 10.0. The summed E-state index contributed by atoms with van der Waals surface area (Å²) in [5.74, 6) is -0.0928. The molecule has 1 heterocycles. The third kappa shape index (κ3) is 6.20. The highest BCUT2D eigenvalue weighted by Crippen LogP contribution is 2.31. The van der Waals surface area contributed by atoms with E-state index in [-0.39, 0.29) is 5.78 Å². The van der Waals surface area contributed by atoms with E-state index in [0.717, 1.165) is 11.1 Å². The highest BCUT2D eigenvalue weighted by atomic mass is 16.6. The van der Waals surface area contributed by atoms with E-state index in [9.17, 15) is 14.4 Å². The Morgan fingerprint density at radius 3 is 2.53 bits per heavy atom. The first-order valence-electron chi connectivity index (χ1n) is 9.59. The van der Waals surface area contributed by atoms with E-state index in [2.05, 4.69) is 5.32 Å². The van der Waals surface area contributed by atoms with E-state index in [4.69, 9.17) is 14.2 Å². The van der Waals surface area contributed by atoms with Crippen molar-refractivity contribution in [2.75, 3.05) is 19.8 Å². The van der Waals surface area contributed by atoms with Gasteiger partial charge in [-0.3, -0.25) is 9.59 Å². The molecule has 1 N–H and O–H groups in total. The number of benzene rings is 2. The Balaban J connectivity index is 1.48. The van der Waals surface area contributed by atoms with Crippen LogP contribution in [0.5, 0.6) is 11.5 Å². The monoisotopic (exact) mass is 409 g/mol. The molecule has 0 spiro atoms. The number of Topliss-reactive ketones (excluding diaryl/α,β-unsaturated/α-hetero) is 1. The van der Waals surface area contributed by atoms with Crippen molar-refractivity contribution < 1.29 is 28.6 Å². The number of amides is 1. The summed E-state index contributed by atoms with van der Waals surface area (Å²) in [7, 11) is 0. The third-order valence-electron chi connectivity index (χ3n) is 4.43. The van der Waals surface area contributed by atoms with Gasteiger partial charge >= 0.3 is 5.97 Å². The number of fused-ring (bicyclic) bond motifs is 1. The fourth-order valence-electron chi connectivity index (χ4n) is 2.89. The van der Waals surface area contributed by atoms with Crippen LogP contribution in [0.1, 0.15) is 18.1 Å². The first-order chi connectivity index (χ1) is 14.5. The molecule has 1 atom stereocenters. The van der Waals surface area contributed by atoms with Gasteiger partial charge in [-0.2, -0.15) is 0 Å². The maximum atomic E-state index is 12.1. The molecule has 1 amide bonds. The number of esters is 1. The number of ketones is 1. The molecule has 0 unspecified atom stereocenters. The van der Waals surface area contributed by atoms with Gasteiger partial charge in [0.25, 0.3) is 5.91 Å². The number of hydrogen-bond acceptors (Lipinski definition) is 6. The summed E-state index contributed by atoms with van der Waals surface area (Å²) in [6.45, 7) is 1.92. The van der Waals surface area contributed by atoms with E-state index in [1.54, 1.807) is 24.3 Å². The standard InChI is InChI=1S/C23H23NO6/c1-16(25)19(13-17-5-3-2-4-6-17)24-22(26)15-30-23(27)10-8-18-7-9-20-21(14-18)29-12-11-28-20/h2-10,14,19H,11-13,15H2,1H3,(H,24,26)/b10-8+/t19-/m1/s1. The lowest BCUT2D eigenvalue weighted by Gasteiger charge is -2.18. The molecule has 156 valence electrons. The molecule has 7 heteroatoms. The van der Waals surface area contributed by atoms with Crippen LogP contribution in [-0.2, 0) is 25.5 Å². The number of carbonyl (C=O) groups is 3. The van der Waals surface area contributed by atoms with E-state index in [1.165, 1.54) is 13.0 Å². The van der Waals surface area contributed by atoms with Crippen molar-refractivity contribution >= 4 is 23.7 Å². The molecule has 1 aliphatic heterocycles. The molecule has 3 rings (SSSR count). The molecule has 2 aromatic carbocycles. The van der Waals surface area contributed by atoms with Gasteiger partial charge in [0.05, 0.1) is 6.04 Å². The smallest absolute Gasteiger partial charge is 0.331 e. The minimum absolute atomic E-state index is 0.169. The van der Waals surface area contributed by atoms with Gasteiger partial charge in [-0.15, -0.1) is 0 Å². The summed E-state index contributed by atoms with van der Waals surface area (Å²) in [6, 6.07) is 14.0. The Bertz CT molecular complexity index is 938. The van der Waals surface area contributed by atoms with Crippen molar-refractivity contribution in [2.24, 2.45) is 0 Å². The van der Waals surface area contributed by atoms with Crippen LogP contribution in [0.15, 0.2) is 54.6 Å². The normalized spacial score (nSPS) is 13.5. The molecule has 0 aromatic heterocycles. The molecule has 0 saturated heterocycles. The predicted molar refractivity (Wildman–Crippen MR) is 110 cm³/mol. The quantitative estimate of drug-likeness (QED) is 0.532. The maximum Gasteiger partial charge on any atom is 0.331 e. The third-order valence-corrected chi connectivity index (χ3v) is 4.43.